The molecule has 5 nitrogen and oxygen atoms in total. The second-order valence-electron chi connectivity index (χ2n) is 6.15. The highest BCUT2D eigenvalue weighted by Crippen LogP contribution is 2.28. The summed E-state index contributed by atoms with van der Waals surface area (Å²) in [5.74, 6) is 0.0413. The summed E-state index contributed by atoms with van der Waals surface area (Å²) >= 11 is 1.58. The van der Waals surface area contributed by atoms with Crippen molar-refractivity contribution in [2.75, 3.05) is 13.7 Å². The van der Waals surface area contributed by atoms with Gasteiger partial charge in [-0.25, -0.2) is 4.98 Å². The molecule has 0 spiro atoms. The zero-order valence-electron chi connectivity index (χ0n) is 14.6. The molecule has 1 saturated carbocycles. The van der Waals surface area contributed by atoms with Gasteiger partial charge in [0.1, 0.15) is 11.1 Å². The van der Waals surface area contributed by atoms with Crippen LogP contribution in [0.25, 0.3) is 0 Å². The molecular formula is C16H29Cl2N3O2S. The summed E-state index contributed by atoms with van der Waals surface area (Å²) in [6, 6.07) is 0. The van der Waals surface area contributed by atoms with Crippen molar-refractivity contribution in [1.29, 1.82) is 0 Å². The highest BCUT2D eigenvalue weighted by atomic mass is 35.5. The maximum absolute atomic E-state index is 12.6. The number of ether oxygens (including phenoxy) is 1. The Hall–Kier alpha value is -0.400. The van der Waals surface area contributed by atoms with Gasteiger partial charge in [-0.1, -0.05) is 19.3 Å². The third kappa shape index (κ3) is 5.85. The number of nitrogens with zero attached hydrogens (tertiary/aromatic N) is 2. The van der Waals surface area contributed by atoms with Crippen molar-refractivity contribution in [1.82, 2.24) is 9.88 Å². The molecule has 1 aromatic rings. The van der Waals surface area contributed by atoms with Gasteiger partial charge in [0.15, 0.2) is 0 Å². The molecule has 8 heteroatoms. The predicted octanol–water partition coefficient (Wildman–Crippen LogP) is 3.70. The number of rotatable bonds is 6. The number of thiazole rings is 1. The minimum Gasteiger partial charge on any atom is -0.372 e. The van der Waals surface area contributed by atoms with Crippen LogP contribution in [0.3, 0.4) is 0 Å². The standard InChI is InChI=1S/C16H27N3O2S.2ClH/c1-4-21-12(2)14-18-13(11-22-14)10-19(3)15(20)16(17)8-6-5-7-9-16;;/h11-12H,4-10,17H2,1-3H3;2*1H. The quantitative estimate of drug-likeness (QED) is 0.793. The average Bonchev–Trinajstić information content (AvgIpc) is 2.96. The number of hydrogen-bond acceptors (Lipinski definition) is 5. The van der Waals surface area contributed by atoms with Gasteiger partial charge < -0.3 is 15.4 Å². The smallest absolute Gasteiger partial charge is 0.242 e. The van der Waals surface area contributed by atoms with Gasteiger partial charge in [-0.05, 0) is 26.7 Å². The zero-order valence-corrected chi connectivity index (χ0v) is 17.1. The Morgan fingerprint density at radius 1 is 1.42 bits per heavy atom. The number of nitrogens with two attached hydrogens (primary N) is 1. The predicted molar refractivity (Wildman–Crippen MR) is 103 cm³/mol. The molecule has 0 radical (unpaired) electrons. The van der Waals surface area contributed by atoms with Crippen molar-refractivity contribution in [3.05, 3.63) is 16.1 Å². The number of carbonyl (C=O) groups is 1. The molecule has 1 atom stereocenters. The number of carbonyl (C=O) groups excluding carboxylic acids is 1. The normalized spacial score (nSPS) is 17.3. The Kier molecular flexibility index (Phi) is 10.4. The first-order valence-corrected chi connectivity index (χ1v) is 8.94. The van der Waals surface area contributed by atoms with Crippen molar-refractivity contribution in [3.63, 3.8) is 0 Å². The number of amides is 1. The number of likely N-dealkylation sites (N-methyl/N-ethyl adjacent to an activating group) is 1. The summed E-state index contributed by atoms with van der Waals surface area (Å²) in [4.78, 5) is 18.9. The van der Waals surface area contributed by atoms with Gasteiger partial charge >= 0.3 is 0 Å². The molecule has 1 unspecified atom stereocenters. The first-order chi connectivity index (χ1) is 10.5. The monoisotopic (exact) mass is 397 g/mol. The van der Waals surface area contributed by atoms with Crippen molar-refractivity contribution in [3.8, 4) is 0 Å². The molecule has 0 aromatic carbocycles. The van der Waals surface area contributed by atoms with Crippen LogP contribution < -0.4 is 5.73 Å². The number of aromatic nitrogens is 1. The summed E-state index contributed by atoms with van der Waals surface area (Å²) in [6.07, 6.45) is 4.86. The van der Waals surface area contributed by atoms with Crippen molar-refractivity contribution < 1.29 is 9.53 Å². The molecule has 24 heavy (non-hydrogen) atoms. The molecule has 1 amide bonds. The Balaban J connectivity index is 0.00000264. The molecule has 1 heterocycles. The van der Waals surface area contributed by atoms with Crippen molar-refractivity contribution in [2.24, 2.45) is 5.73 Å². The lowest BCUT2D eigenvalue weighted by molar-refractivity contribution is -0.137. The summed E-state index contributed by atoms with van der Waals surface area (Å²) in [5.41, 5.74) is 6.55. The Morgan fingerprint density at radius 2 is 2.04 bits per heavy atom. The molecule has 0 aliphatic heterocycles. The Labute approximate surface area is 161 Å². The molecule has 2 rings (SSSR count). The fourth-order valence-electron chi connectivity index (χ4n) is 2.99. The minimum atomic E-state index is -0.676. The van der Waals surface area contributed by atoms with E-state index in [4.69, 9.17) is 10.5 Å². The average molecular weight is 398 g/mol. The second kappa shape index (κ2) is 10.6. The van der Waals surface area contributed by atoms with E-state index in [2.05, 4.69) is 4.98 Å². The van der Waals surface area contributed by atoms with Crippen LogP contribution in [0, 0.1) is 0 Å². The lowest BCUT2D eigenvalue weighted by atomic mass is 9.81. The number of halogens is 2. The van der Waals surface area contributed by atoms with Crippen LogP contribution in [0.4, 0.5) is 0 Å². The van der Waals surface area contributed by atoms with Crippen LogP contribution in [-0.4, -0.2) is 35.0 Å². The summed E-state index contributed by atoms with van der Waals surface area (Å²) in [5, 5.41) is 2.96. The molecule has 0 saturated heterocycles. The van der Waals surface area contributed by atoms with Gasteiger partial charge in [-0.2, -0.15) is 0 Å². The lowest BCUT2D eigenvalue weighted by Crippen LogP contribution is -2.55. The fraction of sp³-hybridized carbons (Fsp3) is 0.750. The van der Waals surface area contributed by atoms with E-state index < -0.39 is 5.54 Å². The van der Waals surface area contributed by atoms with Gasteiger partial charge in [0.05, 0.1) is 17.8 Å². The van der Waals surface area contributed by atoms with Crippen molar-refractivity contribution >= 4 is 42.1 Å². The molecule has 1 aromatic heterocycles. The van der Waals surface area contributed by atoms with Gasteiger partial charge in [0, 0.05) is 19.0 Å². The van der Waals surface area contributed by atoms with Crippen LogP contribution in [0.5, 0.6) is 0 Å². The molecule has 0 bridgehead atoms. The highest BCUT2D eigenvalue weighted by Gasteiger charge is 2.37. The van der Waals surface area contributed by atoms with Crippen LogP contribution in [0.1, 0.15) is 62.8 Å². The van der Waals surface area contributed by atoms with E-state index in [-0.39, 0.29) is 36.8 Å². The second-order valence-corrected chi connectivity index (χ2v) is 7.04. The van der Waals surface area contributed by atoms with Crippen LogP contribution in [0.15, 0.2) is 5.38 Å². The summed E-state index contributed by atoms with van der Waals surface area (Å²) in [6.45, 7) is 5.15. The van der Waals surface area contributed by atoms with E-state index in [0.717, 1.165) is 36.4 Å². The molecule has 1 aliphatic rings. The molecule has 140 valence electrons. The zero-order chi connectivity index (χ0) is 16.2. The molecule has 1 fully saturated rings. The van der Waals surface area contributed by atoms with Gasteiger partial charge in [0.25, 0.3) is 0 Å². The van der Waals surface area contributed by atoms with E-state index >= 15 is 0 Å². The largest absolute Gasteiger partial charge is 0.372 e. The molecule has 1 aliphatic carbocycles. The third-order valence-electron chi connectivity index (χ3n) is 4.25. The summed E-state index contributed by atoms with van der Waals surface area (Å²) in [7, 11) is 1.82. The first kappa shape index (κ1) is 23.6. The van der Waals surface area contributed by atoms with E-state index in [1.807, 2.05) is 26.3 Å². The van der Waals surface area contributed by atoms with Gasteiger partial charge in [0.2, 0.25) is 5.91 Å². The molecular weight excluding hydrogens is 369 g/mol. The van der Waals surface area contributed by atoms with Crippen molar-refractivity contribution in [2.45, 2.75) is 64.1 Å². The lowest BCUT2D eigenvalue weighted by Gasteiger charge is -2.35. The minimum absolute atomic E-state index is 0. The maximum Gasteiger partial charge on any atom is 0.242 e. The van der Waals surface area contributed by atoms with Crippen LogP contribution in [-0.2, 0) is 16.1 Å². The summed E-state index contributed by atoms with van der Waals surface area (Å²) < 4.78 is 5.55. The Morgan fingerprint density at radius 3 is 2.62 bits per heavy atom. The van der Waals surface area contributed by atoms with Gasteiger partial charge in [-0.3, -0.25) is 4.79 Å². The van der Waals surface area contributed by atoms with Gasteiger partial charge in [-0.15, -0.1) is 36.2 Å². The maximum atomic E-state index is 12.6. The van der Waals surface area contributed by atoms with E-state index in [9.17, 15) is 4.79 Å². The Bertz CT molecular complexity index is 507. The van der Waals surface area contributed by atoms with Crippen LogP contribution >= 0.6 is 36.2 Å². The SMILES string of the molecule is CCOC(C)c1nc(CN(C)C(=O)C2(N)CCCCC2)cs1.Cl.Cl. The molecule has 2 N–H and O–H groups in total. The topological polar surface area (TPSA) is 68.5 Å². The van der Waals surface area contributed by atoms with E-state index in [1.165, 1.54) is 6.42 Å². The van der Waals surface area contributed by atoms with E-state index in [1.54, 1.807) is 16.2 Å². The van der Waals surface area contributed by atoms with E-state index in [0.29, 0.717) is 13.2 Å². The highest BCUT2D eigenvalue weighted by molar-refractivity contribution is 7.09. The fourth-order valence-corrected chi connectivity index (χ4v) is 3.81. The van der Waals surface area contributed by atoms with Crippen LogP contribution in [0.2, 0.25) is 0 Å². The first-order valence-electron chi connectivity index (χ1n) is 8.06. The third-order valence-corrected chi connectivity index (χ3v) is 5.31. The number of hydrogen-bond donors (Lipinski definition) is 1.